The molecule has 2 heterocycles. The number of benzene rings is 4. The highest BCUT2D eigenvalue weighted by molar-refractivity contribution is 6.53. The van der Waals surface area contributed by atoms with E-state index in [-0.39, 0.29) is 16.6 Å². The molecule has 3 amide bonds. The van der Waals surface area contributed by atoms with Crippen molar-refractivity contribution in [2.75, 3.05) is 16.8 Å². The molecule has 0 spiro atoms. The quantitative estimate of drug-likeness (QED) is 0.293. The van der Waals surface area contributed by atoms with Crippen LogP contribution in [0.1, 0.15) is 21.5 Å². The Kier molecular flexibility index (Phi) is 6.80. The number of carbonyl (C=O) groups is 3. The van der Waals surface area contributed by atoms with Gasteiger partial charge in [0.05, 0.1) is 5.69 Å². The Morgan fingerprint density at radius 3 is 2.25 bits per heavy atom. The summed E-state index contributed by atoms with van der Waals surface area (Å²) < 4.78 is 5.79. The number of nitrogens with one attached hydrogen (secondary N) is 1. The second-order valence-corrected chi connectivity index (χ2v) is 9.87. The van der Waals surface area contributed by atoms with E-state index in [4.69, 9.17) is 16.3 Å². The van der Waals surface area contributed by atoms with Crippen molar-refractivity contribution in [3.05, 3.63) is 131 Å². The fourth-order valence-electron chi connectivity index (χ4n) is 4.86. The van der Waals surface area contributed by atoms with Crippen LogP contribution in [0, 0.1) is 0 Å². The topological polar surface area (TPSA) is 79.0 Å². The van der Waals surface area contributed by atoms with Gasteiger partial charge in [0.1, 0.15) is 22.2 Å². The zero-order chi connectivity index (χ0) is 27.6. The van der Waals surface area contributed by atoms with Gasteiger partial charge in [-0.3, -0.25) is 14.4 Å². The molecule has 0 radical (unpaired) electrons. The molecule has 2 aliphatic heterocycles. The van der Waals surface area contributed by atoms with Crippen molar-refractivity contribution in [3.63, 3.8) is 0 Å². The largest absolute Gasteiger partial charge is 0.457 e. The molecule has 0 atom stereocenters. The molecule has 198 valence electrons. The molecule has 0 saturated heterocycles. The summed E-state index contributed by atoms with van der Waals surface area (Å²) in [4.78, 5) is 42.3. The van der Waals surface area contributed by atoms with Crippen molar-refractivity contribution < 1.29 is 19.1 Å². The van der Waals surface area contributed by atoms with Crippen LogP contribution in [0.25, 0.3) is 0 Å². The van der Waals surface area contributed by atoms with Crippen LogP contribution < -0.4 is 15.0 Å². The minimum absolute atomic E-state index is 0.0484. The maximum atomic E-state index is 13.3. The summed E-state index contributed by atoms with van der Waals surface area (Å²) in [6.45, 7) is 1.17. The fraction of sp³-hybridized carbons (Fsp3) is 0.0938. The molecule has 0 aromatic heterocycles. The molecule has 2 aliphatic rings. The minimum Gasteiger partial charge on any atom is -0.457 e. The summed E-state index contributed by atoms with van der Waals surface area (Å²) in [5.41, 5.74) is 3.67. The Morgan fingerprint density at radius 1 is 0.775 bits per heavy atom. The standard InChI is InChI=1S/C32H24ClN3O4/c33-28-29(32(39)36(31(28)38)25-13-15-27(16-14-25)40-26-11-2-1-3-12-26)34-24-10-6-9-22(19-24)30(37)35-18-17-21-7-4-5-8-23(21)20-35/h1-16,19,34H,17-18,20H2. The van der Waals surface area contributed by atoms with Crippen LogP contribution in [0.15, 0.2) is 114 Å². The number of halogens is 1. The first-order valence-corrected chi connectivity index (χ1v) is 13.2. The summed E-state index contributed by atoms with van der Waals surface area (Å²) in [5, 5.41) is 2.75. The average Bonchev–Trinajstić information content (AvgIpc) is 3.20. The van der Waals surface area contributed by atoms with E-state index < -0.39 is 11.8 Å². The molecule has 0 bridgehead atoms. The normalized spacial score (nSPS) is 14.8. The second kappa shape index (κ2) is 10.7. The van der Waals surface area contributed by atoms with Crippen molar-refractivity contribution >= 4 is 40.7 Å². The summed E-state index contributed by atoms with van der Waals surface area (Å²) in [6.07, 6.45) is 0.800. The van der Waals surface area contributed by atoms with E-state index >= 15 is 0 Å². The van der Waals surface area contributed by atoms with Gasteiger partial charge in [0.2, 0.25) is 0 Å². The molecule has 4 aromatic carbocycles. The van der Waals surface area contributed by atoms with Gasteiger partial charge in [0.15, 0.2) is 0 Å². The molecule has 4 aromatic rings. The predicted octanol–water partition coefficient (Wildman–Crippen LogP) is 6.11. The molecule has 1 N–H and O–H groups in total. The average molecular weight is 550 g/mol. The van der Waals surface area contributed by atoms with Gasteiger partial charge in [-0.25, -0.2) is 4.90 Å². The number of fused-ring (bicyclic) bond motifs is 1. The maximum absolute atomic E-state index is 13.3. The van der Waals surface area contributed by atoms with Gasteiger partial charge in [-0.2, -0.15) is 0 Å². The molecular weight excluding hydrogens is 526 g/mol. The summed E-state index contributed by atoms with van der Waals surface area (Å²) in [5.74, 6) is -0.0941. The molecule has 0 aliphatic carbocycles. The third kappa shape index (κ3) is 4.95. The third-order valence-electron chi connectivity index (χ3n) is 6.90. The molecular formula is C32H24ClN3O4. The number of imide groups is 1. The minimum atomic E-state index is -0.634. The fourth-order valence-corrected chi connectivity index (χ4v) is 5.07. The summed E-state index contributed by atoms with van der Waals surface area (Å²) >= 11 is 6.33. The number of anilines is 2. The third-order valence-corrected chi connectivity index (χ3v) is 7.25. The van der Waals surface area contributed by atoms with Gasteiger partial charge < -0.3 is 15.0 Å². The first-order chi connectivity index (χ1) is 19.5. The van der Waals surface area contributed by atoms with E-state index in [0.29, 0.717) is 41.5 Å². The van der Waals surface area contributed by atoms with Crippen LogP contribution in [0.5, 0.6) is 11.5 Å². The molecule has 40 heavy (non-hydrogen) atoms. The lowest BCUT2D eigenvalue weighted by Gasteiger charge is -2.29. The molecule has 8 heteroatoms. The SMILES string of the molecule is O=C(c1cccc(NC2=C(Cl)C(=O)N(c3ccc(Oc4ccccc4)cc3)C2=O)c1)N1CCc2ccccc2C1. The summed E-state index contributed by atoms with van der Waals surface area (Å²) in [6, 6.07) is 30.9. The Labute approximate surface area is 236 Å². The van der Waals surface area contributed by atoms with E-state index in [0.717, 1.165) is 16.9 Å². The number of rotatable bonds is 6. The van der Waals surface area contributed by atoms with Crippen molar-refractivity contribution in [2.45, 2.75) is 13.0 Å². The number of hydrogen-bond donors (Lipinski definition) is 1. The summed E-state index contributed by atoms with van der Waals surface area (Å²) in [7, 11) is 0. The van der Waals surface area contributed by atoms with Crippen molar-refractivity contribution in [3.8, 4) is 11.5 Å². The lowest BCUT2D eigenvalue weighted by molar-refractivity contribution is -0.120. The molecule has 7 nitrogen and oxygen atoms in total. The lowest BCUT2D eigenvalue weighted by Crippen LogP contribution is -2.36. The van der Waals surface area contributed by atoms with Gasteiger partial charge >= 0.3 is 0 Å². The highest BCUT2D eigenvalue weighted by Crippen LogP contribution is 2.32. The molecule has 0 saturated carbocycles. The lowest BCUT2D eigenvalue weighted by atomic mass is 9.99. The molecule has 0 unspecified atom stereocenters. The smallest absolute Gasteiger partial charge is 0.283 e. The maximum Gasteiger partial charge on any atom is 0.283 e. The van der Waals surface area contributed by atoms with Gasteiger partial charge in [-0.15, -0.1) is 0 Å². The van der Waals surface area contributed by atoms with Gasteiger partial charge in [0, 0.05) is 24.3 Å². The van der Waals surface area contributed by atoms with Gasteiger partial charge in [-0.1, -0.05) is 60.1 Å². The van der Waals surface area contributed by atoms with E-state index in [1.54, 1.807) is 48.5 Å². The van der Waals surface area contributed by atoms with Crippen LogP contribution >= 0.6 is 11.6 Å². The van der Waals surface area contributed by atoms with Crippen LogP contribution in [0.4, 0.5) is 11.4 Å². The van der Waals surface area contributed by atoms with Gasteiger partial charge in [0.25, 0.3) is 17.7 Å². The number of ether oxygens (including phenoxy) is 1. The number of carbonyl (C=O) groups excluding carboxylic acids is 3. The Balaban J connectivity index is 1.16. The van der Waals surface area contributed by atoms with Crippen molar-refractivity contribution in [2.24, 2.45) is 0 Å². The zero-order valence-corrected chi connectivity index (χ0v) is 22.1. The Hall–Kier alpha value is -4.88. The van der Waals surface area contributed by atoms with Crippen LogP contribution in [-0.2, 0) is 22.6 Å². The number of para-hydroxylation sites is 1. The van der Waals surface area contributed by atoms with E-state index in [2.05, 4.69) is 11.4 Å². The number of hydrogen-bond acceptors (Lipinski definition) is 5. The predicted molar refractivity (Wildman–Crippen MR) is 153 cm³/mol. The highest BCUT2D eigenvalue weighted by Gasteiger charge is 2.39. The van der Waals surface area contributed by atoms with Gasteiger partial charge in [-0.05, 0) is 72.1 Å². The van der Waals surface area contributed by atoms with E-state index in [1.807, 2.05) is 53.4 Å². The monoisotopic (exact) mass is 549 g/mol. The molecule has 0 fully saturated rings. The highest BCUT2D eigenvalue weighted by atomic mass is 35.5. The first kappa shape index (κ1) is 25.4. The van der Waals surface area contributed by atoms with Crippen LogP contribution in [0.2, 0.25) is 0 Å². The number of nitrogens with zero attached hydrogens (tertiary/aromatic N) is 2. The van der Waals surface area contributed by atoms with Crippen LogP contribution in [0.3, 0.4) is 0 Å². The Bertz CT molecular complexity index is 1650. The van der Waals surface area contributed by atoms with Crippen molar-refractivity contribution in [1.29, 1.82) is 0 Å². The zero-order valence-electron chi connectivity index (χ0n) is 21.3. The molecule has 6 rings (SSSR count). The number of amides is 3. The van der Waals surface area contributed by atoms with E-state index in [1.165, 1.54) is 5.56 Å². The Morgan fingerprint density at radius 2 is 1.48 bits per heavy atom. The second-order valence-electron chi connectivity index (χ2n) is 9.49. The van der Waals surface area contributed by atoms with Crippen LogP contribution in [-0.4, -0.2) is 29.2 Å². The first-order valence-electron chi connectivity index (χ1n) is 12.8. The van der Waals surface area contributed by atoms with Crippen molar-refractivity contribution in [1.82, 2.24) is 4.90 Å². The van der Waals surface area contributed by atoms with E-state index in [9.17, 15) is 14.4 Å².